The Hall–Kier alpha value is -1.10. The van der Waals surface area contributed by atoms with Crippen molar-refractivity contribution in [2.24, 2.45) is 0 Å². The standard InChI is InChI=1S/C11H13F3N2/c12-8-3-4-9(11(13)14)15-10(8)7-16-5-1-2-6-16/h3-4,11H,1-2,5-7H2. The first-order chi connectivity index (χ1) is 7.66. The van der Waals surface area contributed by atoms with E-state index in [-0.39, 0.29) is 11.4 Å². The zero-order chi connectivity index (χ0) is 11.5. The molecule has 1 aliphatic rings. The molecule has 0 atom stereocenters. The summed E-state index contributed by atoms with van der Waals surface area (Å²) in [6.45, 7) is 2.10. The Balaban J connectivity index is 2.14. The van der Waals surface area contributed by atoms with E-state index in [4.69, 9.17) is 0 Å². The predicted octanol–water partition coefficient (Wildman–Crippen LogP) is 2.75. The number of likely N-dealkylation sites (tertiary alicyclic amines) is 1. The Kier molecular flexibility index (Phi) is 3.43. The van der Waals surface area contributed by atoms with Gasteiger partial charge in [0, 0.05) is 6.54 Å². The maximum atomic E-state index is 13.4. The Morgan fingerprint density at radius 3 is 2.56 bits per heavy atom. The van der Waals surface area contributed by atoms with Gasteiger partial charge in [-0.15, -0.1) is 0 Å². The van der Waals surface area contributed by atoms with Crippen LogP contribution in [0.3, 0.4) is 0 Å². The van der Waals surface area contributed by atoms with Crippen molar-refractivity contribution in [1.82, 2.24) is 9.88 Å². The average molecular weight is 230 g/mol. The molecule has 88 valence electrons. The van der Waals surface area contributed by atoms with Gasteiger partial charge in [-0.25, -0.2) is 18.2 Å². The molecule has 0 amide bonds. The van der Waals surface area contributed by atoms with Gasteiger partial charge in [0.2, 0.25) is 0 Å². The molecular weight excluding hydrogens is 217 g/mol. The first kappa shape index (κ1) is 11.4. The van der Waals surface area contributed by atoms with Crippen molar-refractivity contribution < 1.29 is 13.2 Å². The SMILES string of the molecule is Fc1ccc(C(F)F)nc1CN1CCCC1. The van der Waals surface area contributed by atoms with Gasteiger partial charge in [-0.2, -0.15) is 0 Å². The molecule has 2 heterocycles. The lowest BCUT2D eigenvalue weighted by Crippen LogP contribution is -2.20. The van der Waals surface area contributed by atoms with Crippen molar-refractivity contribution in [2.75, 3.05) is 13.1 Å². The van der Waals surface area contributed by atoms with Gasteiger partial charge < -0.3 is 0 Å². The maximum Gasteiger partial charge on any atom is 0.280 e. The van der Waals surface area contributed by atoms with Gasteiger partial charge in [0.25, 0.3) is 6.43 Å². The van der Waals surface area contributed by atoms with Gasteiger partial charge in [-0.3, -0.25) is 4.90 Å². The van der Waals surface area contributed by atoms with Gasteiger partial charge in [0.15, 0.2) is 0 Å². The van der Waals surface area contributed by atoms with Crippen molar-refractivity contribution in [1.29, 1.82) is 0 Å². The van der Waals surface area contributed by atoms with Crippen LogP contribution < -0.4 is 0 Å². The fourth-order valence-corrected chi connectivity index (χ4v) is 1.89. The smallest absolute Gasteiger partial charge is 0.280 e. The molecule has 2 nitrogen and oxygen atoms in total. The van der Waals surface area contributed by atoms with Crippen LogP contribution in [0.4, 0.5) is 13.2 Å². The summed E-state index contributed by atoms with van der Waals surface area (Å²) in [4.78, 5) is 5.70. The van der Waals surface area contributed by atoms with Crippen LogP contribution >= 0.6 is 0 Å². The van der Waals surface area contributed by atoms with E-state index in [2.05, 4.69) is 4.98 Å². The van der Waals surface area contributed by atoms with E-state index in [0.29, 0.717) is 6.54 Å². The molecule has 0 spiro atoms. The number of nitrogens with zero attached hydrogens (tertiary/aromatic N) is 2. The van der Waals surface area contributed by atoms with Crippen LogP contribution in [0.1, 0.15) is 30.7 Å². The third-order valence-electron chi connectivity index (χ3n) is 2.74. The highest BCUT2D eigenvalue weighted by molar-refractivity contribution is 5.14. The molecule has 1 saturated heterocycles. The van der Waals surface area contributed by atoms with Gasteiger partial charge in [-0.05, 0) is 38.1 Å². The second kappa shape index (κ2) is 4.82. The Morgan fingerprint density at radius 2 is 1.94 bits per heavy atom. The van der Waals surface area contributed by atoms with Crippen molar-refractivity contribution in [2.45, 2.75) is 25.8 Å². The highest BCUT2D eigenvalue weighted by Crippen LogP contribution is 2.19. The third kappa shape index (κ3) is 2.52. The van der Waals surface area contributed by atoms with Gasteiger partial charge in [0.05, 0.1) is 5.69 Å². The molecule has 0 unspecified atom stereocenters. The number of rotatable bonds is 3. The van der Waals surface area contributed by atoms with E-state index in [9.17, 15) is 13.2 Å². The first-order valence-corrected chi connectivity index (χ1v) is 5.32. The monoisotopic (exact) mass is 230 g/mol. The summed E-state index contributed by atoms with van der Waals surface area (Å²) in [7, 11) is 0. The molecule has 0 aliphatic carbocycles. The van der Waals surface area contributed by atoms with Crippen molar-refractivity contribution in [3.05, 3.63) is 29.3 Å². The van der Waals surface area contributed by atoms with Crippen LogP contribution in [0.2, 0.25) is 0 Å². The third-order valence-corrected chi connectivity index (χ3v) is 2.74. The lowest BCUT2D eigenvalue weighted by molar-refractivity contribution is 0.145. The van der Waals surface area contributed by atoms with Crippen molar-refractivity contribution >= 4 is 0 Å². The van der Waals surface area contributed by atoms with E-state index < -0.39 is 12.2 Å². The van der Waals surface area contributed by atoms with E-state index in [1.807, 2.05) is 4.90 Å². The number of hydrogen-bond donors (Lipinski definition) is 0. The summed E-state index contributed by atoms with van der Waals surface area (Å²) in [5.41, 5.74) is -0.227. The Labute approximate surface area is 92.1 Å². The minimum absolute atomic E-state index is 0.125. The minimum Gasteiger partial charge on any atom is -0.297 e. The molecular formula is C11H13F3N2. The zero-order valence-electron chi connectivity index (χ0n) is 8.80. The van der Waals surface area contributed by atoms with Crippen LogP contribution in [0, 0.1) is 5.82 Å². The van der Waals surface area contributed by atoms with Gasteiger partial charge >= 0.3 is 0 Å². The summed E-state index contributed by atoms with van der Waals surface area (Å²) in [5.74, 6) is -0.503. The lowest BCUT2D eigenvalue weighted by atomic mass is 10.2. The number of hydrogen-bond acceptors (Lipinski definition) is 2. The van der Waals surface area contributed by atoms with Crippen LogP contribution in [0.5, 0.6) is 0 Å². The number of alkyl halides is 2. The minimum atomic E-state index is -2.64. The molecule has 1 aromatic rings. The van der Waals surface area contributed by atoms with Crippen molar-refractivity contribution in [3.8, 4) is 0 Å². The van der Waals surface area contributed by atoms with Gasteiger partial charge in [0.1, 0.15) is 11.5 Å². The Bertz CT molecular complexity index is 362. The molecule has 1 fully saturated rings. The summed E-state index contributed by atoms with van der Waals surface area (Å²) in [6.07, 6.45) is -0.482. The van der Waals surface area contributed by atoms with Crippen molar-refractivity contribution in [3.63, 3.8) is 0 Å². The summed E-state index contributed by atoms with van der Waals surface area (Å²) >= 11 is 0. The molecule has 2 rings (SSSR count). The van der Waals surface area contributed by atoms with E-state index in [1.54, 1.807) is 0 Å². The van der Waals surface area contributed by atoms with Crippen LogP contribution in [0.15, 0.2) is 12.1 Å². The molecule has 16 heavy (non-hydrogen) atoms. The highest BCUT2D eigenvalue weighted by Gasteiger charge is 2.17. The fraction of sp³-hybridized carbons (Fsp3) is 0.545. The molecule has 0 N–H and O–H groups in total. The van der Waals surface area contributed by atoms with E-state index in [0.717, 1.165) is 38.1 Å². The number of halogens is 3. The predicted molar refractivity (Wildman–Crippen MR) is 53.7 cm³/mol. The molecule has 0 aromatic carbocycles. The highest BCUT2D eigenvalue weighted by atomic mass is 19.3. The fourth-order valence-electron chi connectivity index (χ4n) is 1.89. The second-order valence-electron chi connectivity index (χ2n) is 3.95. The normalized spacial score (nSPS) is 17.2. The molecule has 1 aliphatic heterocycles. The molecule has 5 heteroatoms. The molecule has 0 saturated carbocycles. The molecule has 0 bridgehead atoms. The zero-order valence-corrected chi connectivity index (χ0v) is 8.80. The van der Waals surface area contributed by atoms with Gasteiger partial charge in [-0.1, -0.05) is 0 Å². The van der Waals surface area contributed by atoms with Crippen LogP contribution in [0.25, 0.3) is 0 Å². The van der Waals surface area contributed by atoms with Crippen LogP contribution in [-0.4, -0.2) is 23.0 Å². The summed E-state index contributed by atoms with van der Waals surface area (Å²) < 4.78 is 38.1. The lowest BCUT2D eigenvalue weighted by Gasteiger charge is -2.14. The molecule has 0 radical (unpaired) electrons. The maximum absolute atomic E-state index is 13.4. The number of aromatic nitrogens is 1. The molecule has 1 aromatic heterocycles. The quantitative estimate of drug-likeness (QED) is 0.793. The first-order valence-electron chi connectivity index (χ1n) is 5.32. The van der Waals surface area contributed by atoms with E-state index >= 15 is 0 Å². The summed E-state index contributed by atoms with van der Waals surface area (Å²) in [5, 5.41) is 0. The number of pyridine rings is 1. The van der Waals surface area contributed by atoms with Crippen LogP contribution in [-0.2, 0) is 6.54 Å². The summed E-state index contributed by atoms with van der Waals surface area (Å²) in [6, 6.07) is 2.10. The Morgan fingerprint density at radius 1 is 1.25 bits per heavy atom. The topological polar surface area (TPSA) is 16.1 Å². The second-order valence-corrected chi connectivity index (χ2v) is 3.95. The van der Waals surface area contributed by atoms with E-state index in [1.165, 1.54) is 0 Å². The average Bonchev–Trinajstić information content (AvgIpc) is 2.73. The largest absolute Gasteiger partial charge is 0.297 e.